The van der Waals surface area contributed by atoms with E-state index >= 15 is 0 Å². The standard InChI is InChI=1S/C10H17NO/c1-9(2)5-4-6-10(3)7-8-11-12/h5,7H,4,6,8H2,1-3H3. The van der Waals surface area contributed by atoms with Crippen molar-refractivity contribution in [3.8, 4) is 0 Å². The zero-order chi connectivity index (χ0) is 9.40. The Morgan fingerprint density at radius 3 is 2.42 bits per heavy atom. The fraction of sp³-hybridized carbons (Fsp3) is 0.600. The molecule has 0 N–H and O–H groups in total. The number of nitrogens with zero attached hydrogens (tertiary/aromatic N) is 1. The molecule has 0 spiro atoms. The lowest BCUT2D eigenvalue weighted by molar-refractivity contribution is 0.956. The van der Waals surface area contributed by atoms with E-state index in [1.807, 2.05) is 13.0 Å². The van der Waals surface area contributed by atoms with Crippen LogP contribution < -0.4 is 0 Å². The van der Waals surface area contributed by atoms with Crippen molar-refractivity contribution in [2.24, 2.45) is 5.18 Å². The van der Waals surface area contributed by atoms with Crippen molar-refractivity contribution >= 4 is 0 Å². The molecule has 2 nitrogen and oxygen atoms in total. The average Bonchev–Trinajstić information content (AvgIpc) is 2.00. The van der Waals surface area contributed by atoms with Gasteiger partial charge in [-0.15, -0.1) is 0 Å². The molecule has 0 aromatic rings. The lowest BCUT2D eigenvalue weighted by atomic mass is 10.1. The van der Waals surface area contributed by atoms with Crippen molar-refractivity contribution in [1.29, 1.82) is 0 Å². The van der Waals surface area contributed by atoms with Crippen molar-refractivity contribution in [2.75, 3.05) is 6.54 Å². The summed E-state index contributed by atoms with van der Waals surface area (Å²) in [6.45, 7) is 6.52. The summed E-state index contributed by atoms with van der Waals surface area (Å²) in [5.41, 5.74) is 2.59. The van der Waals surface area contributed by atoms with E-state index in [9.17, 15) is 4.91 Å². The van der Waals surface area contributed by atoms with Crippen LogP contribution in [0.2, 0.25) is 0 Å². The highest BCUT2D eigenvalue weighted by Gasteiger charge is 1.87. The Balaban J connectivity index is 3.63. The number of hydrogen-bond acceptors (Lipinski definition) is 2. The van der Waals surface area contributed by atoms with Gasteiger partial charge < -0.3 is 0 Å². The number of hydrogen-bond donors (Lipinski definition) is 0. The fourth-order valence-corrected chi connectivity index (χ4v) is 0.884. The molecule has 0 saturated heterocycles. The van der Waals surface area contributed by atoms with Gasteiger partial charge in [-0.05, 0) is 33.6 Å². The number of nitroso groups, excluding NO2 is 1. The maximum Gasteiger partial charge on any atom is 0.0994 e. The Morgan fingerprint density at radius 2 is 1.92 bits per heavy atom. The Kier molecular flexibility index (Phi) is 6.25. The second-order valence-electron chi connectivity index (χ2n) is 3.18. The first-order valence-electron chi connectivity index (χ1n) is 4.25. The summed E-state index contributed by atoms with van der Waals surface area (Å²) in [5, 5.41) is 2.78. The van der Waals surface area contributed by atoms with Crippen LogP contribution in [0.25, 0.3) is 0 Å². The largest absolute Gasteiger partial charge is 0.150 e. The van der Waals surface area contributed by atoms with Gasteiger partial charge >= 0.3 is 0 Å². The van der Waals surface area contributed by atoms with Crippen LogP contribution in [0.3, 0.4) is 0 Å². The Labute approximate surface area is 74.3 Å². The van der Waals surface area contributed by atoms with Gasteiger partial charge in [-0.2, -0.15) is 4.91 Å². The molecule has 68 valence electrons. The molecule has 0 aliphatic heterocycles. The van der Waals surface area contributed by atoms with Gasteiger partial charge in [-0.1, -0.05) is 28.5 Å². The van der Waals surface area contributed by atoms with Crippen molar-refractivity contribution < 1.29 is 0 Å². The molecule has 0 saturated carbocycles. The summed E-state index contributed by atoms with van der Waals surface area (Å²) in [6.07, 6.45) is 6.17. The summed E-state index contributed by atoms with van der Waals surface area (Å²) in [4.78, 5) is 9.78. The second-order valence-corrected chi connectivity index (χ2v) is 3.18. The van der Waals surface area contributed by atoms with Crippen molar-refractivity contribution in [3.63, 3.8) is 0 Å². The zero-order valence-corrected chi connectivity index (χ0v) is 8.13. The molecule has 2 heteroatoms. The molecular formula is C10H17NO. The molecule has 0 aromatic carbocycles. The van der Waals surface area contributed by atoms with Crippen LogP contribution >= 0.6 is 0 Å². The highest BCUT2D eigenvalue weighted by Crippen LogP contribution is 2.05. The van der Waals surface area contributed by atoms with Gasteiger partial charge in [-0.3, -0.25) is 0 Å². The van der Waals surface area contributed by atoms with Gasteiger partial charge in [0.05, 0.1) is 6.54 Å². The van der Waals surface area contributed by atoms with E-state index in [4.69, 9.17) is 0 Å². The number of allylic oxidation sites excluding steroid dienone is 3. The first-order chi connectivity index (χ1) is 5.66. The summed E-state index contributed by atoms with van der Waals surface area (Å²) < 4.78 is 0. The Hall–Kier alpha value is -0.920. The summed E-state index contributed by atoms with van der Waals surface area (Å²) in [6, 6.07) is 0. The van der Waals surface area contributed by atoms with E-state index < -0.39 is 0 Å². The third-order valence-electron chi connectivity index (χ3n) is 1.61. The van der Waals surface area contributed by atoms with E-state index in [0.717, 1.165) is 12.8 Å². The van der Waals surface area contributed by atoms with E-state index in [1.165, 1.54) is 11.1 Å². The molecule has 0 unspecified atom stereocenters. The predicted octanol–water partition coefficient (Wildman–Crippen LogP) is 3.45. The zero-order valence-electron chi connectivity index (χ0n) is 8.13. The van der Waals surface area contributed by atoms with Crippen LogP contribution in [0.4, 0.5) is 0 Å². The van der Waals surface area contributed by atoms with Crippen molar-refractivity contribution in [2.45, 2.75) is 33.6 Å². The van der Waals surface area contributed by atoms with Crippen molar-refractivity contribution in [1.82, 2.24) is 0 Å². The Morgan fingerprint density at radius 1 is 1.25 bits per heavy atom. The van der Waals surface area contributed by atoms with Gasteiger partial charge in [0.15, 0.2) is 0 Å². The van der Waals surface area contributed by atoms with E-state index in [2.05, 4.69) is 25.1 Å². The lowest BCUT2D eigenvalue weighted by Crippen LogP contribution is -1.79. The molecule has 0 aliphatic carbocycles. The maximum absolute atomic E-state index is 9.78. The summed E-state index contributed by atoms with van der Waals surface area (Å²) in [7, 11) is 0. The molecule has 0 heterocycles. The molecule has 0 atom stereocenters. The predicted molar refractivity (Wildman–Crippen MR) is 53.1 cm³/mol. The van der Waals surface area contributed by atoms with Crippen LogP contribution in [0.1, 0.15) is 33.6 Å². The van der Waals surface area contributed by atoms with E-state index in [0.29, 0.717) is 6.54 Å². The minimum Gasteiger partial charge on any atom is -0.150 e. The third kappa shape index (κ3) is 7.19. The molecule has 12 heavy (non-hydrogen) atoms. The summed E-state index contributed by atoms with van der Waals surface area (Å²) >= 11 is 0. The topological polar surface area (TPSA) is 29.4 Å². The third-order valence-corrected chi connectivity index (χ3v) is 1.61. The SMILES string of the molecule is CC(C)=CCCC(C)=CCN=O. The molecule has 0 aromatic heterocycles. The van der Waals surface area contributed by atoms with Gasteiger partial charge in [0, 0.05) is 0 Å². The highest BCUT2D eigenvalue weighted by molar-refractivity contribution is 5.02. The second kappa shape index (κ2) is 6.77. The average molecular weight is 167 g/mol. The first kappa shape index (κ1) is 11.1. The van der Waals surface area contributed by atoms with Crippen LogP contribution in [0.15, 0.2) is 28.5 Å². The first-order valence-corrected chi connectivity index (χ1v) is 4.25. The van der Waals surface area contributed by atoms with Gasteiger partial charge in [0.2, 0.25) is 0 Å². The van der Waals surface area contributed by atoms with Crippen molar-refractivity contribution in [3.05, 3.63) is 28.2 Å². The van der Waals surface area contributed by atoms with Crippen LogP contribution in [0, 0.1) is 4.91 Å². The minimum absolute atomic E-state index is 0.306. The van der Waals surface area contributed by atoms with Gasteiger partial charge in [0.25, 0.3) is 0 Å². The van der Waals surface area contributed by atoms with Gasteiger partial charge in [0.1, 0.15) is 0 Å². The van der Waals surface area contributed by atoms with Gasteiger partial charge in [-0.25, -0.2) is 0 Å². The molecule has 0 bridgehead atoms. The van der Waals surface area contributed by atoms with E-state index in [1.54, 1.807) is 0 Å². The summed E-state index contributed by atoms with van der Waals surface area (Å²) in [5.74, 6) is 0. The van der Waals surface area contributed by atoms with Crippen LogP contribution in [-0.2, 0) is 0 Å². The minimum atomic E-state index is 0.306. The normalized spacial score (nSPS) is 11.1. The fourth-order valence-electron chi connectivity index (χ4n) is 0.884. The highest BCUT2D eigenvalue weighted by atomic mass is 16.3. The monoisotopic (exact) mass is 167 g/mol. The Bertz CT molecular complexity index is 188. The molecule has 0 radical (unpaired) electrons. The van der Waals surface area contributed by atoms with Crippen LogP contribution in [-0.4, -0.2) is 6.54 Å². The number of rotatable bonds is 5. The molecule has 0 aliphatic rings. The lowest BCUT2D eigenvalue weighted by Gasteiger charge is -1.96. The smallest absolute Gasteiger partial charge is 0.0994 e. The molecule has 0 fully saturated rings. The van der Waals surface area contributed by atoms with Crippen LogP contribution in [0.5, 0.6) is 0 Å². The van der Waals surface area contributed by atoms with E-state index in [-0.39, 0.29) is 0 Å². The molecule has 0 rings (SSSR count). The maximum atomic E-state index is 9.78. The quantitative estimate of drug-likeness (QED) is 0.455. The molecular weight excluding hydrogens is 150 g/mol. The molecule has 0 amide bonds.